The Hall–Kier alpha value is -3.75. The molecule has 0 saturated heterocycles. The van der Waals surface area contributed by atoms with Crippen LogP contribution in [-0.2, 0) is 14.3 Å². The second kappa shape index (κ2) is 9.17. The van der Waals surface area contributed by atoms with Crippen molar-refractivity contribution in [3.05, 3.63) is 64.8 Å². The molecule has 2 amide bonds. The van der Waals surface area contributed by atoms with E-state index in [0.717, 1.165) is 0 Å². The summed E-state index contributed by atoms with van der Waals surface area (Å²) in [5.74, 6) is -0.656. The Bertz CT molecular complexity index is 975. The first-order valence-electron chi connectivity index (χ1n) is 9.27. The number of carbonyl (C=O) groups is 3. The van der Waals surface area contributed by atoms with E-state index >= 15 is 0 Å². The molecule has 1 aliphatic rings. The lowest BCUT2D eigenvalue weighted by Gasteiger charge is -2.29. The van der Waals surface area contributed by atoms with Crippen LogP contribution >= 0.6 is 0 Å². The van der Waals surface area contributed by atoms with Gasteiger partial charge < -0.3 is 29.3 Å². The molecule has 9 nitrogen and oxygen atoms in total. The van der Waals surface area contributed by atoms with E-state index < -0.39 is 24.0 Å². The van der Waals surface area contributed by atoms with Crippen molar-refractivity contribution in [1.82, 2.24) is 10.6 Å². The van der Waals surface area contributed by atoms with E-state index in [2.05, 4.69) is 10.6 Å². The smallest absolute Gasteiger partial charge is 0.374 e. The number of ether oxygens (including phenoxy) is 3. The van der Waals surface area contributed by atoms with Crippen LogP contribution in [0.15, 0.2) is 52.3 Å². The fourth-order valence-electron chi connectivity index (χ4n) is 3.01. The number of hydrogen-bond donors (Lipinski definition) is 2. The Kier molecular flexibility index (Phi) is 6.41. The Balaban J connectivity index is 1.93. The van der Waals surface area contributed by atoms with Crippen molar-refractivity contribution in [3.8, 4) is 5.75 Å². The highest BCUT2D eigenvalue weighted by molar-refractivity contribution is 5.95. The van der Waals surface area contributed by atoms with E-state index in [-0.39, 0.29) is 30.2 Å². The van der Waals surface area contributed by atoms with Crippen molar-refractivity contribution >= 4 is 18.0 Å². The molecule has 2 N–H and O–H groups in total. The van der Waals surface area contributed by atoms with Gasteiger partial charge in [0.05, 0.1) is 37.3 Å². The number of esters is 2. The third-order valence-electron chi connectivity index (χ3n) is 4.49. The third kappa shape index (κ3) is 4.45. The molecule has 1 aromatic heterocycles. The molecule has 0 aliphatic carbocycles. The first-order valence-corrected chi connectivity index (χ1v) is 9.27. The molecule has 158 valence electrons. The van der Waals surface area contributed by atoms with Gasteiger partial charge in [-0.25, -0.2) is 14.4 Å². The molecule has 2 heterocycles. The number of benzene rings is 1. The van der Waals surface area contributed by atoms with Crippen molar-refractivity contribution in [3.63, 3.8) is 0 Å². The van der Waals surface area contributed by atoms with E-state index in [1.807, 2.05) is 0 Å². The lowest BCUT2D eigenvalue weighted by molar-refractivity contribution is -0.139. The third-order valence-corrected chi connectivity index (χ3v) is 4.49. The number of urea groups is 1. The number of rotatable bonds is 7. The molecule has 9 heteroatoms. The Morgan fingerprint density at radius 2 is 1.83 bits per heavy atom. The largest absolute Gasteiger partial charge is 0.497 e. The molecule has 3 rings (SSSR count). The summed E-state index contributed by atoms with van der Waals surface area (Å²) in [6, 6.07) is 7.18. The maximum absolute atomic E-state index is 12.7. The summed E-state index contributed by atoms with van der Waals surface area (Å²) in [6.45, 7) is 3.18. The number of furan rings is 1. The van der Waals surface area contributed by atoms with Gasteiger partial charge in [0, 0.05) is 5.56 Å². The number of nitrogens with one attached hydrogen (secondary N) is 2. The Morgan fingerprint density at radius 3 is 2.43 bits per heavy atom. The van der Waals surface area contributed by atoms with Crippen molar-refractivity contribution < 1.29 is 33.0 Å². The topological polar surface area (TPSA) is 116 Å². The van der Waals surface area contributed by atoms with E-state index in [1.54, 1.807) is 51.3 Å². The van der Waals surface area contributed by atoms with Gasteiger partial charge in [-0.3, -0.25) is 0 Å². The molecule has 0 bridgehead atoms. The minimum Gasteiger partial charge on any atom is -0.497 e. The van der Waals surface area contributed by atoms with Crippen LogP contribution in [0.4, 0.5) is 4.79 Å². The summed E-state index contributed by atoms with van der Waals surface area (Å²) in [5.41, 5.74) is 1.53. The molecule has 0 radical (unpaired) electrons. The Labute approximate surface area is 173 Å². The molecule has 1 atom stereocenters. The molecule has 0 spiro atoms. The van der Waals surface area contributed by atoms with Gasteiger partial charge in [0.15, 0.2) is 0 Å². The second-order valence-electron chi connectivity index (χ2n) is 6.43. The van der Waals surface area contributed by atoms with Gasteiger partial charge in [-0.1, -0.05) is 12.1 Å². The first-order chi connectivity index (χ1) is 14.4. The van der Waals surface area contributed by atoms with Crippen molar-refractivity contribution in [2.45, 2.75) is 19.9 Å². The van der Waals surface area contributed by atoms with Crippen LogP contribution in [0.1, 0.15) is 34.6 Å². The zero-order valence-corrected chi connectivity index (χ0v) is 16.8. The molecule has 1 aromatic carbocycles. The van der Waals surface area contributed by atoms with Gasteiger partial charge in [-0.05, 0) is 37.6 Å². The molecule has 1 aliphatic heterocycles. The van der Waals surface area contributed by atoms with Crippen LogP contribution in [0.5, 0.6) is 5.75 Å². The lowest BCUT2D eigenvalue weighted by Crippen LogP contribution is -2.47. The molecule has 30 heavy (non-hydrogen) atoms. The van der Waals surface area contributed by atoms with Gasteiger partial charge in [0.1, 0.15) is 12.4 Å². The van der Waals surface area contributed by atoms with E-state index in [9.17, 15) is 14.4 Å². The fraction of sp³-hybridized carbons (Fsp3) is 0.286. The average Bonchev–Trinajstić information content (AvgIpc) is 3.17. The van der Waals surface area contributed by atoms with Gasteiger partial charge in [0.25, 0.3) is 0 Å². The number of hydrogen-bond acceptors (Lipinski definition) is 7. The summed E-state index contributed by atoms with van der Waals surface area (Å²) < 4.78 is 20.7. The summed E-state index contributed by atoms with van der Waals surface area (Å²) in [6.07, 6.45) is 1.38. The SMILES string of the molecule is CCOC(=O)C1=C(COC(=O)c2occc2C)NC(=O)NC1c1ccc(OC)cc1. The standard InChI is InChI=1S/C21H22N2O7/c1-4-28-19(24)16-15(11-30-20(25)18-12(2)9-10-29-18)22-21(26)23-17(16)13-5-7-14(27-3)8-6-13/h5-10,17H,4,11H2,1-3H3,(H2,22,23,26). The predicted molar refractivity (Wildman–Crippen MR) is 105 cm³/mol. The highest BCUT2D eigenvalue weighted by Gasteiger charge is 2.34. The summed E-state index contributed by atoms with van der Waals surface area (Å²) >= 11 is 0. The molecule has 2 aromatic rings. The van der Waals surface area contributed by atoms with Gasteiger partial charge in [0.2, 0.25) is 5.76 Å². The van der Waals surface area contributed by atoms with Crippen LogP contribution in [0, 0.1) is 6.92 Å². The second-order valence-corrected chi connectivity index (χ2v) is 6.43. The lowest BCUT2D eigenvalue weighted by atomic mass is 9.95. The molecule has 1 unspecified atom stereocenters. The molecule has 0 saturated carbocycles. The van der Waals surface area contributed by atoms with Crippen LogP contribution < -0.4 is 15.4 Å². The van der Waals surface area contributed by atoms with E-state index in [0.29, 0.717) is 16.9 Å². The van der Waals surface area contributed by atoms with Crippen LogP contribution in [-0.4, -0.2) is 38.3 Å². The summed E-state index contributed by atoms with van der Waals surface area (Å²) in [4.78, 5) is 37.2. The van der Waals surface area contributed by atoms with Crippen LogP contribution in [0.3, 0.4) is 0 Å². The number of amides is 2. The molecular formula is C21H22N2O7. The van der Waals surface area contributed by atoms with Gasteiger partial charge >= 0.3 is 18.0 Å². The van der Waals surface area contributed by atoms with E-state index in [1.165, 1.54) is 6.26 Å². The first kappa shape index (κ1) is 21.0. The van der Waals surface area contributed by atoms with Gasteiger partial charge in [-0.15, -0.1) is 0 Å². The van der Waals surface area contributed by atoms with Crippen LogP contribution in [0.2, 0.25) is 0 Å². The predicted octanol–water partition coefficient (Wildman–Crippen LogP) is 2.62. The maximum Gasteiger partial charge on any atom is 0.374 e. The summed E-state index contributed by atoms with van der Waals surface area (Å²) in [7, 11) is 1.54. The minimum absolute atomic E-state index is 0.0558. The van der Waals surface area contributed by atoms with Gasteiger partial charge in [-0.2, -0.15) is 0 Å². The summed E-state index contributed by atoms with van der Waals surface area (Å²) in [5, 5.41) is 5.24. The van der Waals surface area contributed by atoms with Crippen molar-refractivity contribution in [2.75, 3.05) is 20.3 Å². The monoisotopic (exact) mass is 414 g/mol. The van der Waals surface area contributed by atoms with Crippen molar-refractivity contribution in [1.29, 1.82) is 0 Å². The van der Waals surface area contributed by atoms with Crippen molar-refractivity contribution in [2.24, 2.45) is 0 Å². The van der Waals surface area contributed by atoms with Crippen LogP contribution in [0.25, 0.3) is 0 Å². The minimum atomic E-state index is -0.789. The highest BCUT2D eigenvalue weighted by atomic mass is 16.5. The van der Waals surface area contributed by atoms with E-state index in [4.69, 9.17) is 18.6 Å². The fourth-order valence-corrected chi connectivity index (χ4v) is 3.01. The zero-order chi connectivity index (χ0) is 21.7. The number of methoxy groups -OCH3 is 1. The Morgan fingerprint density at radius 1 is 1.10 bits per heavy atom. The zero-order valence-electron chi connectivity index (χ0n) is 16.8. The maximum atomic E-state index is 12.7. The average molecular weight is 414 g/mol. The normalized spacial score (nSPS) is 15.8. The number of aryl methyl sites for hydroxylation is 1. The molecule has 0 fully saturated rings. The highest BCUT2D eigenvalue weighted by Crippen LogP contribution is 2.29. The molecular weight excluding hydrogens is 392 g/mol. The quantitative estimate of drug-likeness (QED) is 0.669. The number of carbonyl (C=O) groups excluding carboxylic acids is 3.